The Labute approximate surface area is 181 Å². The van der Waals surface area contributed by atoms with Crippen LogP contribution in [0.3, 0.4) is 0 Å². The third kappa shape index (κ3) is 3.94. The first kappa shape index (κ1) is 19.5. The van der Waals surface area contributed by atoms with Crippen molar-refractivity contribution in [2.45, 2.75) is 0 Å². The summed E-state index contributed by atoms with van der Waals surface area (Å²) in [7, 11) is 1.70. The highest BCUT2D eigenvalue weighted by atomic mass is 16.5. The summed E-state index contributed by atoms with van der Waals surface area (Å²) >= 11 is 0. The van der Waals surface area contributed by atoms with Crippen LogP contribution in [0.25, 0.3) is 21.9 Å². The molecule has 6 heteroatoms. The summed E-state index contributed by atoms with van der Waals surface area (Å²) in [6, 6.07) is 21.8. The number of nitrogens with zero attached hydrogens (tertiary/aromatic N) is 2. The van der Waals surface area contributed by atoms with Gasteiger partial charge >= 0.3 is 0 Å². The number of amides is 1. The summed E-state index contributed by atoms with van der Waals surface area (Å²) in [6.45, 7) is 3.76. The number of para-hydroxylation sites is 3. The first-order valence-corrected chi connectivity index (χ1v) is 10.5. The molecular weight excluding hydrogens is 390 g/mol. The fourth-order valence-corrected chi connectivity index (χ4v) is 4.25. The number of anilines is 2. The van der Waals surface area contributed by atoms with Crippen LogP contribution in [0.1, 0.15) is 0 Å². The second kappa shape index (κ2) is 8.32. The van der Waals surface area contributed by atoms with E-state index in [1.807, 2.05) is 60.7 Å². The number of furan rings is 1. The summed E-state index contributed by atoms with van der Waals surface area (Å²) in [5.41, 5.74) is 3.58. The normalized spacial score (nSPS) is 14.8. The molecule has 5 rings (SSSR count). The number of fused-ring (bicyclic) bond motifs is 3. The molecule has 0 unspecified atom stereocenters. The minimum atomic E-state index is -0.00195. The molecule has 0 saturated carbocycles. The average molecular weight is 415 g/mol. The zero-order chi connectivity index (χ0) is 21.2. The van der Waals surface area contributed by atoms with Crippen LogP contribution in [0.4, 0.5) is 11.4 Å². The van der Waals surface area contributed by atoms with E-state index in [-0.39, 0.29) is 5.91 Å². The van der Waals surface area contributed by atoms with Crippen molar-refractivity contribution in [2.75, 3.05) is 50.1 Å². The van der Waals surface area contributed by atoms with E-state index in [4.69, 9.17) is 9.15 Å². The molecule has 1 aromatic heterocycles. The fraction of sp³-hybridized carbons (Fsp3) is 0.240. The highest BCUT2D eigenvalue weighted by molar-refractivity contribution is 6.07. The van der Waals surface area contributed by atoms with E-state index in [0.29, 0.717) is 6.54 Å². The van der Waals surface area contributed by atoms with Crippen molar-refractivity contribution < 1.29 is 13.9 Å². The molecular formula is C25H25N3O3. The van der Waals surface area contributed by atoms with Gasteiger partial charge in [0.2, 0.25) is 5.91 Å². The summed E-state index contributed by atoms with van der Waals surface area (Å²) in [5.74, 6) is 0.883. The third-order valence-corrected chi connectivity index (χ3v) is 5.83. The zero-order valence-electron chi connectivity index (χ0n) is 17.5. The van der Waals surface area contributed by atoms with Crippen LogP contribution in [0.5, 0.6) is 5.75 Å². The molecule has 158 valence electrons. The van der Waals surface area contributed by atoms with Crippen molar-refractivity contribution >= 4 is 39.2 Å². The van der Waals surface area contributed by atoms with Gasteiger partial charge in [-0.05, 0) is 36.4 Å². The topological polar surface area (TPSA) is 58.0 Å². The number of rotatable bonds is 5. The number of benzene rings is 3. The molecule has 31 heavy (non-hydrogen) atoms. The summed E-state index contributed by atoms with van der Waals surface area (Å²) in [4.78, 5) is 17.2. The van der Waals surface area contributed by atoms with Gasteiger partial charge in [-0.3, -0.25) is 9.69 Å². The SMILES string of the molecule is COc1ccccc1N1CCN(CC(=O)Nc2ccc3oc4ccccc4c3c2)CC1. The molecule has 0 spiro atoms. The largest absolute Gasteiger partial charge is 0.495 e. The van der Waals surface area contributed by atoms with Gasteiger partial charge in [-0.25, -0.2) is 0 Å². The average Bonchev–Trinajstić information content (AvgIpc) is 3.17. The Morgan fingerprint density at radius 1 is 0.935 bits per heavy atom. The van der Waals surface area contributed by atoms with Crippen molar-refractivity contribution in [3.05, 3.63) is 66.7 Å². The molecule has 1 N–H and O–H groups in total. The molecule has 1 aliphatic rings. The van der Waals surface area contributed by atoms with Gasteiger partial charge in [0.1, 0.15) is 16.9 Å². The number of nitrogens with one attached hydrogen (secondary N) is 1. The third-order valence-electron chi connectivity index (χ3n) is 5.83. The second-order valence-electron chi connectivity index (χ2n) is 7.79. The van der Waals surface area contributed by atoms with E-state index in [2.05, 4.69) is 21.2 Å². The molecule has 2 heterocycles. The predicted octanol–water partition coefficient (Wildman–Crippen LogP) is 4.36. The smallest absolute Gasteiger partial charge is 0.238 e. The second-order valence-corrected chi connectivity index (χ2v) is 7.79. The van der Waals surface area contributed by atoms with Crippen molar-refractivity contribution in [3.63, 3.8) is 0 Å². The highest BCUT2D eigenvalue weighted by Gasteiger charge is 2.21. The van der Waals surface area contributed by atoms with Gasteiger partial charge in [-0.1, -0.05) is 30.3 Å². The quantitative estimate of drug-likeness (QED) is 0.525. The fourth-order valence-electron chi connectivity index (χ4n) is 4.25. The highest BCUT2D eigenvalue weighted by Crippen LogP contribution is 2.31. The number of hydrogen-bond acceptors (Lipinski definition) is 5. The Morgan fingerprint density at radius 2 is 1.68 bits per heavy atom. The summed E-state index contributed by atoms with van der Waals surface area (Å²) in [6.07, 6.45) is 0. The molecule has 1 saturated heterocycles. The van der Waals surface area contributed by atoms with E-state index in [0.717, 1.165) is 65.2 Å². The van der Waals surface area contributed by atoms with Crippen LogP contribution in [-0.4, -0.2) is 50.6 Å². The predicted molar refractivity (Wildman–Crippen MR) is 124 cm³/mol. The van der Waals surface area contributed by atoms with Gasteiger partial charge in [0, 0.05) is 42.6 Å². The maximum Gasteiger partial charge on any atom is 0.238 e. The minimum absolute atomic E-state index is 0.00195. The Balaban J connectivity index is 1.21. The monoisotopic (exact) mass is 415 g/mol. The van der Waals surface area contributed by atoms with Crippen molar-refractivity contribution in [2.24, 2.45) is 0 Å². The Bertz CT molecular complexity index is 1230. The van der Waals surface area contributed by atoms with Crippen LogP contribution >= 0.6 is 0 Å². The number of ether oxygens (including phenoxy) is 1. The van der Waals surface area contributed by atoms with E-state index >= 15 is 0 Å². The number of carbonyl (C=O) groups excluding carboxylic acids is 1. The first-order chi connectivity index (χ1) is 15.2. The zero-order valence-corrected chi connectivity index (χ0v) is 17.5. The van der Waals surface area contributed by atoms with Gasteiger partial charge in [-0.15, -0.1) is 0 Å². The van der Waals surface area contributed by atoms with E-state index in [9.17, 15) is 4.79 Å². The van der Waals surface area contributed by atoms with Crippen LogP contribution < -0.4 is 15.0 Å². The van der Waals surface area contributed by atoms with Gasteiger partial charge in [0.15, 0.2) is 0 Å². The molecule has 1 fully saturated rings. The Kier molecular flexibility index (Phi) is 5.22. The maximum absolute atomic E-state index is 12.7. The van der Waals surface area contributed by atoms with Crippen molar-refractivity contribution in [3.8, 4) is 5.75 Å². The van der Waals surface area contributed by atoms with Crippen LogP contribution in [0.15, 0.2) is 71.1 Å². The molecule has 0 bridgehead atoms. The van der Waals surface area contributed by atoms with Gasteiger partial charge in [0.25, 0.3) is 0 Å². The lowest BCUT2D eigenvalue weighted by molar-refractivity contribution is -0.117. The minimum Gasteiger partial charge on any atom is -0.495 e. The molecule has 1 aliphatic heterocycles. The van der Waals surface area contributed by atoms with Gasteiger partial charge in [0.05, 0.1) is 19.3 Å². The maximum atomic E-state index is 12.7. The lowest BCUT2D eigenvalue weighted by atomic mass is 10.1. The molecule has 0 radical (unpaired) electrons. The summed E-state index contributed by atoms with van der Waals surface area (Å²) in [5, 5.41) is 5.11. The van der Waals surface area contributed by atoms with E-state index in [1.165, 1.54) is 0 Å². The lowest BCUT2D eigenvalue weighted by Crippen LogP contribution is -2.48. The van der Waals surface area contributed by atoms with Gasteiger partial charge in [-0.2, -0.15) is 0 Å². The molecule has 4 aromatic rings. The Hall–Kier alpha value is -3.51. The Morgan fingerprint density at radius 3 is 2.52 bits per heavy atom. The number of piperazine rings is 1. The standard InChI is InChI=1S/C25H25N3O3/c1-30-24-9-5-3-7-21(24)28-14-12-27(13-15-28)17-25(29)26-18-10-11-23-20(16-18)19-6-2-4-8-22(19)31-23/h2-11,16H,12-15,17H2,1H3,(H,26,29). The van der Waals surface area contributed by atoms with Crippen molar-refractivity contribution in [1.82, 2.24) is 4.90 Å². The first-order valence-electron chi connectivity index (χ1n) is 10.5. The number of methoxy groups -OCH3 is 1. The van der Waals surface area contributed by atoms with Crippen LogP contribution in [0.2, 0.25) is 0 Å². The number of hydrogen-bond donors (Lipinski definition) is 1. The summed E-state index contributed by atoms with van der Waals surface area (Å²) < 4.78 is 11.3. The van der Waals surface area contributed by atoms with E-state index in [1.54, 1.807) is 7.11 Å². The van der Waals surface area contributed by atoms with Gasteiger partial charge < -0.3 is 19.4 Å². The van der Waals surface area contributed by atoms with Crippen LogP contribution in [0, 0.1) is 0 Å². The number of carbonyl (C=O) groups is 1. The lowest BCUT2D eigenvalue weighted by Gasteiger charge is -2.36. The van der Waals surface area contributed by atoms with E-state index < -0.39 is 0 Å². The molecule has 1 amide bonds. The molecule has 0 aliphatic carbocycles. The molecule has 6 nitrogen and oxygen atoms in total. The van der Waals surface area contributed by atoms with Crippen LogP contribution in [-0.2, 0) is 4.79 Å². The molecule has 0 atom stereocenters. The molecule has 3 aromatic carbocycles. The van der Waals surface area contributed by atoms with Crippen molar-refractivity contribution in [1.29, 1.82) is 0 Å².